The Kier molecular flexibility index (Phi) is 4.76. The number of benzene rings is 1. The minimum Gasteiger partial charge on any atom is -0.370 e. The lowest BCUT2D eigenvalue weighted by Crippen LogP contribution is -2.07. The zero-order chi connectivity index (χ0) is 14.7. The molecule has 0 radical (unpaired) electrons. The van der Waals surface area contributed by atoms with E-state index < -0.39 is 0 Å². The predicted octanol–water partition coefficient (Wildman–Crippen LogP) is 4.18. The molecular weight excluding hydrogens is 302 g/mol. The maximum absolute atomic E-state index is 5.99. The first-order chi connectivity index (χ1) is 10.3. The second-order valence-corrected chi connectivity index (χ2v) is 6.71. The lowest BCUT2D eigenvalue weighted by Gasteiger charge is -2.09. The number of nitrogens with zero attached hydrogens (tertiary/aromatic N) is 2. The SMILES string of the molecule is CSCCc1nn(-c2ccc(Cl)cc2)c2c1CCCCN2. The Bertz CT molecular complexity index is 607. The zero-order valence-electron chi connectivity index (χ0n) is 12.2. The number of fused-ring (bicyclic) bond motifs is 1. The van der Waals surface area contributed by atoms with Crippen LogP contribution in [-0.2, 0) is 12.8 Å². The number of hydrogen-bond donors (Lipinski definition) is 1. The van der Waals surface area contributed by atoms with E-state index >= 15 is 0 Å². The topological polar surface area (TPSA) is 29.9 Å². The first-order valence-electron chi connectivity index (χ1n) is 7.39. The quantitative estimate of drug-likeness (QED) is 0.916. The van der Waals surface area contributed by atoms with Crippen molar-refractivity contribution in [3.8, 4) is 5.69 Å². The van der Waals surface area contributed by atoms with Gasteiger partial charge in [-0.15, -0.1) is 0 Å². The highest BCUT2D eigenvalue weighted by Crippen LogP contribution is 2.29. The van der Waals surface area contributed by atoms with Gasteiger partial charge in [0, 0.05) is 23.6 Å². The molecule has 0 spiro atoms. The van der Waals surface area contributed by atoms with Gasteiger partial charge in [-0.2, -0.15) is 16.9 Å². The monoisotopic (exact) mass is 321 g/mol. The van der Waals surface area contributed by atoms with Gasteiger partial charge in [-0.3, -0.25) is 0 Å². The molecule has 0 aliphatic carbocycles. The van der Waals surface area contributed by atoms with E-state index in [1.807, 2.05) is 40.7 Å². The average Bonchev–Trinajstić information content (AvgIpc) is 2.68. The summed E-state index contributed by atoms with van der Waals surface area (Å²) < 4.78 is 2.05. The van der Waals surface area contributed by atoms with Crippen molar-refractivity contribution in [1.29, 1.82) is 0 Å². The Labute approximate surface area is 135 Å². The summed E-state index contributed by atoms with van der Waals surface area (Å²) in [6.45, 7) is 1.02. The third-order valence-corrected chi connectivity index (χ3v) is 4.69. The number of aryl methyl sites for hydroxylation is 1. The van der Waals surface area contributed by atoms with E-state index in [-0.39, 0.29) is 0 Å². The highest BCUT2D eigenvalue weighted by molar-refractivity contribution is 7.98. The summed E-state index contributed by atoms with van der Waals surface area (Å²) in [5.41, 5.74) is 3.71. The van der Waals surface area contributed by atoms with Gasteiger partial charge in [-0.1, -0.05) is 11.6 Å². The molecule has 1 aromatic carbocycles. The number of nitrogens with one attached hydrogen (secondary N) is 1. The number of halogens is 1. The van der Waals surface area contributed by atoms with Gasteiger partial charge in [0.05, 0.1) is 11.4 Å². The Balaban J connectivity index is 2.02. The summed E-state index contributed by atoms with van der Waals surface area (Å²) in [4.78, 5) is 0. The third-order valence-electron chi connectivity index (χ3n) is 3.83. The lowest BCUT2D eigenvalue weighted by atomic mass is 10.1. The summed E-state index contributed by atoms with van der Waals surface area (Å²) >= 11 is 7.87. The predicted molar refractivity (Wildman–Crippen MR) is 92.1 cm³/mol. The second-order valence-electron chi connectivity index (χ2n) is 5.29. The molecule has 1 aliphatic rings. The number of anilines is 1. The minimum atomic E-state index is 0.757. The maximum Gasteiger partial charge on any atom is 0.133 e. The lowest BCUT2D eigenvalue weighted by molar-refractivity contribution is 0.766. The molecule has 112 valence electrons. The molecule has 0 saturated heterocycles. The van der Waals surface area contributed by atoms with Gasteiger partial charge in [0.25, 0.3) is 0 Å². The largest absolute Gasteiger partial charge is 0.370 e. The van der Waals surface area contributed by atoms with Crippen LogP contribution in [0.2, 0.25) is 5.02 Å². The Hall–Kier alpha value is -1.13. The van der Waals surface area contributed by atoms with Gasteiger partial charge < -0.3 is 5.32 Å². The normalized spacial score (nSPS) is 14.4. The third kappa shape index (κ3) is 3.22. The van der Waals surface area contributed by atoms with Crippen molar-refractivity contribution in [1.82, 2.24) is 9.78 Å². The fraction of sp³-hybridized carbons (Fsp3) is 0.438. The van der Waals surface area contributed by atoms with Crippen LogP contribution in [0.3, 0.4) is 0 Å². The van der Waals surface area contributed by atoms with Gasteiger partial charge in [-0.25, -0.2) is 4.68 Å². The Morgan fingerprint density at radius 1 is 1.29 bits per heavy atom. The van der Waals surface area contributed by atoms with Gasteiger partial charge in [0.2, 0.25) is 0 Å². The van der Waals surface area contributed by atoms with Crippen LogP contribution in [0.5, 0.6) is 0 Å². The van der Waals surface area contributed by atoms with Crippen LogP contribution < -0.4 is 5.32 Å². The number of thioether (sulfide) groups is 1. The van der Waals surface area contributed by atoms with Crippen molar-refractivity contribution in [2.24, 2.45) is 0 Å². The molecule has 1 aromatic heterocycles. The summed E-state index contributed by atoms with van der Waals surface area (Å²) in [5, 5.41) is 9.19. The number of rotatable bonds is 4. The van der Waals surface area contributed by atoms with E-state index in [1.165, 1.54) is 29.9 Å². The summed E-state index contributed by atoms with van der Waals surface area (Å²) in [5.74, 6) is 2.29. The minimum absolute atomic E-state index is 0.757. The summed E-state index contributed by atoms with van der Waals surface area (Å²) in [6.07, 6.45) is 6.76. The van der Waals surface area contributed by atoms with Gasteiger partial charge in [0.1, 0.15) is 5.82 Å². The van der Waals surface area contributed by atoms with Crippen molar-refractivity contribution in [2.75, 3.05) is 23.9 Å². The first-order valence-corrected chi connectivity index (χ1v) is 9.16. The molecule has 1 N–H and O–H groups in total. The molecule has 0 unspecified atom stereocenters. The smallest absolute Gasteiger partial charge is 0.133 e. The first kappa shape index (κ1) is 14.8. The van der Waals surface area contributed by atoms with E-state index in [0.717, 1.165) is 35.8 Å². The van der Waals surface area contributed by atoms with Crippen LogP contribution >= 0.6 is 23.4 Å². The van der Waals surface area contributed by atoms with Crippen molar-refractivity contribution >= 4 is 29.2 Å². The number of hydrogen-bond acceptors (Lipinski definition) is 3. The Morgan fingerprint density at radius 3 is 2.86 bits per heavy atom. The van der Waals surface area contributed by atoms with E-state index in [2.05, 4.69) is 11.6 Å². The van der Waals surface area contributed by atoms with E-state index in [0.29, 0.717) is 0 Å². The fourth-order valence-corrected chi connectivity index (χ4v) is 3.27. The van der Waals surface area contributed by atoms with Crippen LogP contribution in [0, 0.1) is 0 Å². The second kappa shape index (κ2) is 6.75. The molecule has 0 bridgehead atoms. The maximum atomic E-state index is 5.99. The van der Waals surface area contributed by atoms with E-state index in [1.54, 1.807) is 0 Å². The van der Waals surface area contributed by atoms with Crippen molar-refractivity contribution in [3.05, 3.63) is 40.5 Å². The van der Waals surface area contributed by atoms with E-state index in [9.17, 15) is 0 Å². The molecule has 0 fully saturated rings. The van der Waals surface area contributed by atoms with Crippen molar-refractivity contribution in [3.63, 3.8) is 0 Å². The zero-order valence-corrected chi connectivity index (χ0v) is 13.8. The molecule has 0 atom stereocenters. The molecule has 0 amide bonds. The van der Waals surface area contributed by atoms with E-state index in [4.69, 9.17) is 16.7 Å². The van der Waals surface area contributed by atoms with Crippen LogP contribution in [-0.4, -0.2) is 28.3 Å². The fourth-order valence-electron chi connectivity index (χ4n) is 2.74. The van der Waals surface area contributed by atoms with Crippen molar-refractivity contribution in [2.45, 2.75) is 25.7 Å². The Morgan fingerprint density at radius 2 is 2.10 bits per heavy atom. The molecule has 1 aliphatic heterocycles. The molecule has 0 saturated carbocycles. The van der Waals surface area contributed by atoms with Crippen LogP contribution in [0.1, 0.15) is 24.1 Å². The van der Waals surface area contributed by atoms with Gasteiger partial charge in [0.15, 0.2) is 0 Å². The summed E-state index contributed by atoms with van der Waals surface area (Å²) in [6, 6.07) is 7.90. The van der Waals surface area contributed by atoms with Crippen LogP contribution in [0.4, 0.5) is 5.82 Å². The molecule has 2 aromatic rings. The molecule has 3 rings (SSSR count). The molecule has 21 heavy (non-hydrogen) atoms. The molecule has 2 heterocycles. The average molecular weight is 322 g/mol. The molecule has 5 heteroatoms. The molecular formula is C16H20ClN3S. The molecule has 3 nitrogen and oxygen atoms in total. The standard InChI is InChI=1S/C16H20ClN3S/c1-21-11-9-15-14-4-2-3-10-18-16(14)20(19-15)13-7-5-12(17)6-8-13/h5-8,18H,2-4,9-11H2,1H3. The summed E-state index contributed by atoms with van der Waals surface area (Å²) in [7, 11) is 0. The highest BCUT2D eigenvalue weighted by atomic mass is 35.5. The van der Waals surface area contributed by atoms with Gasteiger partial charge in [-0.05, 0) is 55.5 Å². The highest BCUT2D eigenvalue weighted by Gasteiger charge is 2.20. The van der Waals surface area contributed by atoms with Gasteiger partial charge >= 0.3 is 0 Å². The van der Waals surface area contributed by atoms with Crippen LogP contribution in [0.25, 0.3) is 5.69 Å². The van der Waals surface area contributed by atoms with Crippen molar-refractivity contribution < 1.29 is 0 Å². The van der Waals surface area contributed by atoms with Crippen LogP contribution in [0.15, 0.2) is 24.3 Å². The number of aromatic nitrogens is 2.